The molecule has 0 aromatic rings. The summed E-state index contributed by atoms with van der Waals surface area (Å²) >= 11 is 0. The molecule has 0 aliphatic carbocycles. The molecule has 1 aliphatic heterocycles. The number of allylic oxidation sites excluding steroid dienone is 1. The molecule has 2 nitrogen and oxygen atoms in total. The standard InChI is InChI=1S/C14H26O2S/c1-13(2)11-16-9-8-14(3)7-5-4-6-10-17(15)12-14/h11H,4-10,12H2,1-3H3. The summed E-state index contributed by atoms with van der Waals surface area (Å²) in [5, 5.41) is 0. The molecular formula is C14H26O2S. The van der Waals surface area contributed by atoms with E-state index in [9.17, 15) is 4.21 Å². The molecule has 2 atom stereocenters. The SMILES string of the molecule is CC(C)=COCCC1(C)CCCCCS(=O)C1. The molecule has 0 spiro atoms. The van der Waals surface area contributed by atoms with Crippen LogP contribution in [0.15, 0.2) is 11.8 Å². The first kappa shape index (κ1) is 14.7. The van der Waals surface area contributed by atoms with E-state index in [2.05, 4.69) is 6.92 Å². The van der Waals surface area contributed by atoms with Crippen molar-refractivity contribution < 1.29 is 8.95 Å². The van der Waals surface area contributed by atoms with Gasteiger partial charge >= 0.3 is 0 Å². The summed E-state index contributed by atoms with van der Waals surface area (Å²) in [6.45, 7) is 7.08. The number of rotatable bonds is 4. The monoisotopic (exact) mass is 258 g/mol. The van der Waals surface area contributed by atoms with Gasteiger partial charge in [-0.15, -0.1) is 0 Å². The van der Waals surface area contributed by atoms with Gasteiger partial charge in [0.05, 0.1) is 12.9 Å². The predicted molar refractivity (Wildman–Crippen MR) is 74.5 cm³/mol. The Morgan fingerprint density at radius 1 is 1.35 bits per heavy atom. The summed E-state index contributed by atoms with van der Waals surface area (Å²) < 4.78 is 17.4. The molecule has 1 fully saturated rings. The van der Waals surface area contributed by atoms with Gasteiger partial charge in [0, 0.05) is 22.3 Å². The van der Waals surface area contributed by atoms with Crippen molar-refractivity contribution in [2.75, 3.05) is 18.1 Å². The fourth-order valence-corrected chi connectivity index (χ4v) is 3.99. The van der Waals surface area contributed by atoms with Gasteiger partial charge < -0.3 is 4.74 Å². The summed E-state index contributed by atoms with van der Waals surface area (Å²) in [5.41, 5.74) is 1.40. The first-order valence-electron chi connectivity index (χ1n) is 6.62. The second-order valence-corrected chi connectivity index (χ2v) is 7.30. The van der Waals surface area contributed by atoms with Crippen LogP contribution in [0.1, 0.15) is 52.9 Å². The van der Waals surface area contributed by atoms with Crippen molar-refractivity contribution in [3.8, 4) is 0 Å². The highest BCUT2D eigenvalue weighted by molar-refractivity contribution is 7.85. The van der Waals surface area contributed by atoms with Crippen molar-refractivity contribution in [3.05, 3.63) is 11.8 Å². The molecule has 2 unspecified atom stereocenters. The van der Waals surface area contributed by atoms with E-state index in [4.69, 9.17) is 4.74 Å². The van der Waals surface area contributed by atoms with Crippen LogP contribution >= 0.6 is 0 Å². The van der Waals surface area contributed by atoms with Crippen molar-refractivity contribution >= 4 is 10.8 Å². The molecular weight excluding hydrogens is 232 g/mol. The topological polar surface area (TPSA) is 26.3 Å². The summed E-state index contributed by atoms with van der Waals surface area (Å²) in [6.07, 6.45) is 7.67. The molecule has 1 heterocycles. The van der Waals surface area contributed by atoms with Gasteiger partial charge in [0.2, 0.25) is 0 Å². The lowest BCUT2D eigenvalue weighted by atomic mass is 9.83. The second-order valence-electron chi connectivity index (χ2n) is 5.73. The second kappa shape index (κ2) is 7.20. The smallest absolute Gasteiger partial charge is 0.0878 e. The normalized spacial score (nSPS) is 30.2. The van der Waals surface area contributed by atoms with E-state index in [-0.39, 0.29) is 5.41 Å². The van der Waals surface area contributed by atoms with Crippen molar-refractivity contribution in [3.63, 3.8) is 0 Å². The molecule has 1 rings (SSSR count). The molecule has 0 amide bonds. The molecule has 100 valence electrons. The molecule has 1 saturated heterocycles. The minimum Gasteiger partial charge on any atom is -0.501 e. The molecule has 0 aromatic carbocycles. The minimum absolute atomic E-state index is 0.209. The Morgan fingerprint density at radius 2 is 2.12 bits per heavy atom. The molecule has 17 heavy (non-hydrogen) atoms. The maximum Gasteiger partial charge on any atom is 0.0878 e. The van der Waals surface area contributed by atoms with E-state index in [1.165, 1.54) is 24.8 Å². The lowest BCUT2D eigenvalue weighted by molar-refractivity contribution is 0.177. The Balaban J connectivity index is 2.40. The van der Waals surface area contributed by atoms with Crippen LogP contribution in [0.4, 0.5) is 0 Å². The molecule has 3 heteroatoms. The highest BCUT2D eigenvalue weighted by Crippen LogP contribution is 2.31. The zero-order valence-corrected chi connectivity index (χ0v) is 12.3. The van der Waals surface area contributed by atoms with Crippen molar-refractivity contribution in [1.29, 1.82) is 0 Å². The maximum atomic E-state index is 11.9. The third-order valence-corrected chi connectivity index (χ3v) is 5.07. The fourth-order valence-electron chi connectivity index (χ4n) is 2.25. The van der Waals surface area contributed by atoms with Gasteiger partial charge in [-0.25, -0.2) is 0 Å². The van der Waals surface area contributed by atoms with Crippen LogP contribution in [-0.4, -0.2) is 22.3 Å². The predicted octanol–water partition coefficient (Wildman–Crippen LogP) is 3.65. The van der Waals surface area contributed by atoms with Crippen LogP contribution in [0.25, 0.3) is 0 Å². The summed E-state index contributed by atoms with van der Waals surface area (Å²) in [7, 11) is -0.623. The average Bonchev–Trinajstić information content (AvgIpc) is 2.21. The van der Waals surface area contributed by atoms with E-state index in [1.54, 1.807) is 0 Å². The average molecular weight is 258 g/mol. The molecule has 0 aromatic heterocycles. The third kappa shape index (κ3) is 6.25. The zero-order valence-electron chi connectivity index (χ0n) is 11.5. The molecule has 1 aliphatic rings. The highest BCUT2D eigenvalue weighted by Gasteiger charge is 2.27. The van der Waals surface area contributed by atoms with E-state index in [1.807, 2.05) is 20.1 Å². The number of hydrogen-bond donors (Lipinski definition) is 0. The Labute approximate surface area is 108 Å². The van der Waals surface area contributed by atoms with Gasteiger partial charge in [-0.1, -0.05) is 19.8 Å². The quantitative estimate of drug-likeness (QED) is 0.568. The highest BCUT2D eigenvalue weighted by atomic mass is 32.2. The van der Waals surface area contributed by atoms with Crippen LogP contribution in [-0.2, 0) is 15.5 Å². The van der Waals surface area contributed by atoms with Gasteiger partial charge in [-0.2, -0.15) is 0 Å². The van der Waals surface area contributed by atoms with E-state index in [0.29, 0.717) is 0 Å². The van der Waals surface area contributed by atoms with Gasteiger partial charge in [-0.3, -0.25) is 4.21 Å². The van der Waals surface area contributed by atoms with Gasteiger partial charge in [0.1, 0.15) is 0 Å². The van der Waals surface area contributed by atoms with Crippen LogP contribution in [0.3, 0.4) is 0 Å². The van der Waals surface area contributed by atoms with Gasteiger partial charge in [0.25, 0.3) is 0 Å². The lowest BCUT2D eigenvalue weighted by Crippen LogP contribution is -2.28. The molecule has 0 saturated carbocycles. The lowest BCUT2D eigenvalue weighted by Gasteiger charge is -2.30. The Morgan fingerprint density at radius 3 is 2.82 bits per heavy atom. The Kier molecular flexibility index (Phi) is 6.24. The van der Waals surface area contributed by atoms with Gasteiger partial charge in [0.15, 0.2) is 0 Å². The number of ether oxygens (including phenoxy) is 1. The minimum atomic E-state index is -0.623. The van der Waals surface area contributed by atoms with Crippen molar-refractivity contribution in [2.24, 2.45) is 5.41 Å². The maximum absolute atomic E-state index is 11.9. The Bertz CT molecular complexity index is 282. The fraction of sp³-hybridized carbons (Fsp3) is 0.857. The zero-order chi connectivity index (χ0) is 12.7. The molecule has 0 N–H and O–H groups in total. The molecule has 0 bridgehead atoms. The van der Waals surface area contributed by atoms with Crippen LogP contribution in [0, 0.1) is 5.41 Å². The van der Waals surface area contributed by atoms with Crippen molar-refractivity contribution in [2.45, 2.75) is 52.9 Å². The Hall–Kier alpha value is -0.310. The summed E-state index contributed by atoms with van der Waals surface area (Å²) in [4.78, 5) is 0. The van der Waals surface area contributed by atoms with Crippen molar-refractivity contribution in [1.82, 2.24) is 0 Å². The largest absolute Gasteiger partial charge is 0.501 e. The first-order valence-corrected chi connectivity index (χ1v) is 8.11. The van der Waals surface area contributed by atoms with Crippen LogP contribution < -0.4 is 0 Å². The van der Waals surface area contributed by atoms with Crippen LogP contribution in [0.5, 0.6) is 0 Å². The molecule has 0 radical (unpaired) electrons. The summed E-state index contributed by atoms with van der Waals surface area (Å²) in [6, 6.07) is 0. The first-order chi connectivity index (χ1) is 8.02. The van der Waals surface area contributed by atoms with Gasteiger partial charge in [-0.05, 0) is 44.1 Å². The van der Waals surface area contributed by atoms with E-state index in [0.717, 1.165) is 31.0 Å². The number of hydrogen-bond acceptors (Lipinski definition) is 2. The summed E-state index contributed by atoms with van der Waals surface area (Å²) in [5.74, 6) is 1.75. The van der Waals surface area contributed by atoms with E-state index < -0.39 is 10.8 Å². The third-order valence-electron chi connectivity index (χ3n) is 3.30. The van der Waals surface area contributed by atoms with Crippen LogP contribution in [0.2, 0.25) is 0 Å². The van der Waals surface area contributed by atoms with E-state index >= 15 is 0 Å².